The molecule has 0 spiro atoms. The van der Waals surface area contributed by atoms with Crippen molar-refractivity contribution in [2.45, 2.75) is 19.4 Å². The van der Waals surface area contributed by atoms with Crippen molar-refractivity contribution in [3.63, 3.8) is 0 Å². The summed E-state index contributed by atoms with van der Waals surface area (Å²) in [6.07, 6.45) is 0.387. The molecule has 0 bridgehead atoms. The topological polar surface area (TPSA) is 102 Å². The molecular weight excluding hydrogens is 350 g/mol. The molecule has 27 heavy (non-hydrogen) atoms. The molecule has 1 atom stereocenters. The van der Waals surface area contributed by atoms with Gasteiger partial charge in [0.05, 0.1) is 18.7 Å². The van der Waals surface area contributed by atoms with E-state index in [0.29, 0.717) is 6.42 Å². The monoisotopic (exact) mass is 371 g/mol. The van der Waals surface area contributed by atoms with Crippen LogP contribution in [0.2, 0.25) is 0 Å². The van der Waals surface area contributed by atoms with E-state index in [2.05, 4.69) is 5.32 Å². The van der Waals surface area contributed by atoms with Crippen LogP contribution in [0.1, 0.15) is 22.8 Å². The zero-order valence-electron chi connectivity index (χ0n) is 15.1. The van der Waals surface area contributed by atoms with Gasteiger partial charge >= 0.3 is 5.97 Å². The summed E-state index contributed by atoms with van der Waals surface area (Å²) in [5.74, 6) is -1.27. The van der Waals surface area contributed by atoms with E-state index in [1.807, 2.05) is 30.3 Å². The molecule has 0 aliphatic carbocycles. The van der Waals surface area contributed by atoms with Crippen LogP contribution in [0.15, 0.2) is 48.5 Å². The van der Waals surface area contributed by atoms with Crippen LogP contribution in [0.5, 0.6) is 11.5 Å². The molecule has 0 saturated heterocycles. The predicted molar refractivity (Wildman–Crippen MR) is 98.2 cm³/mol. The number of benzene rings is 2. The number of aromatic carboxylic acids is 1. The Bertz CT molecular complexity index is 818. The first-order valence-electron chi connectivity index (χ1n) is 8.28. The van der Waals surface area contributed by atoms with Crippen molar-refractivity contribution in [2.24, 2.45) is 0 Å². The fourth-order valence-electron chi connectivity index (χ4n) is 2.45. The van der Waals surface area contributed by atoms with E-state index in [9.17, 15) is 14.4 Å². The lowest BCUT2D eigenvalue weighted by Crippen LogP contribution is -2.43. The lowest BCUT2D eigenvalue weighted by atomic mass is 10.0. The van der Waals surface area contributed by atoms with Gasteiger partial charge in [-0.3, -0.25) is 9.59 Å². The molecule has 2 aromatic rings. The third-order valence-electron chi connectivity index (χ3n) is 3.88. The van der Waals surface area contributed by atoms with Crippen LogP contribution < -0.4 is 14.8 Å². The molecule has 0 aliphatic heterocycles. The number of carboxylic acid groups (broad SMARTS) is 1. The Kier molecular flexibility index (Phi) is 6.93. The molecule has 0 aromatic heterocycles. The number of ketones is 1. The number of rotatable bonds is 9. The Morgan fingerprint density at radius 3 is 2.37 bits per heavy atom. The van der Waals surface area contributed by atoms with Gasteiger partial charge in [0.2, 0.25) is 0 Å². The molecule has 0 heterocycles. The van der Waals surface area contributed by atoms with Gasteiger partial charge in [-0.25, -0.2) is 4.79 Å². The van der Waals surface area contributed by atoms with Crippen LogP contribution in [0, 0.1) is 0 Å². The van der Waals surface area contributed by atoms with E-state index in [1.165, 1.54) is 32.2 Å². The van der Waals surface area contributed by atoms with Crippen LogP contribution in [-0.2, 0) is 16.0 Å². The maximum absolute atomic E-state index is 12.2. The minimum atomic E-state index is -1.09. The van der Waals surface area contributed by atoms with Gasteiger partial charge in [0, 0.05) is 0 Å². The first kappa shape index (κ1) is 20.0. The molecule has 0 radical (unpaired) electrons. The summed E-state index contributed by atoms with van der Waals surface area (Å²) in [4.78, 5) is 35.0. The molecule has 0 aliphatic rings. The van der Waals surface area contributed by atoms with Gasteiger partial charge < -0.3 is 19.9 Å². The number of hydrogen-bond acceptors (Lipinski definition) is 5. The molecule has 2 aromatic carbocycles. The minimum absolute atomic E-state index is 0.0446. The van der Waals surface area contributed by atoms with Crippen molar-refractivity contribution in [1.29, 1.82) is 0 Å². The third kappa shape index (κ3) is 5.85. The fourth-order valence-corrected chi connectivity index (χ4v) is 2.45. The highest BCUT2D eigenvalue weighted by Crippen LogP contribution is 2.28. The van der Waals surface area contributed by atoms with Crippen LogP contribution >= 0.6 is 0 Å². The van der Waals surface area contributed by atoms with Gasteiger partial charge in [-0.1, -0.05) is 30.3 Å². The number of carbonyl (C=O) groups excluding carboxylic acids is 2. The highest BCUT2D eigenvalue weighted by Gasteiger charge is 2.18. The van der Waals surface area contributed by atoms with E-state index in [0.717, 1.165) is 5.56 Å². The molecule has 2 N–H and O–H groups in total. The summed E-state index contributed by atoms with van der Waals surface area (Å²) in [6, 6.07) is 12.8. The first-order chi connectivity index (χ1) is 12.9. The molecule has 0 fully saturated rings. The maximum atomic E-state index is 12.2. The molecule has 7 nitrogen and oxygen atoms in total. The number of carboxylic acids is 1. The number of nitrogens with one attached hydrogen (secondary N) is 1. The van der Waals surface area contributed by atoms with E-state index in [1.54, 1.807) is 0 Å². The number of carbonyl (C=O) groups is 3. The first-order valence-corrected chi connectivity index (χ1v) is 8.28. The summed E-state index contributed by atoms with van der Waals surface area (Å²) in [5, 5.41) is 11.6. The van der Waals surface area contributed by atoms with E-state index >= 15 is 0 Å². The van der Waals surface area contributed by atoms with Gasteiger partial charge in [-0.05, 0) is 37.1 Å². The molecule has 7 heteroatoms. The summed E-state index contributed by atoms with van der Waals surface area (Å²) in [6.45, 7) is 1.09. The van der Waals surface area contributed by atoms with Crippen LogP contribution in [0.4, 0.5) is 0 Å². The second-order valence-electron chi connectivity index (χ2n) is 5.88. The molecular formula is C20H21NO6. The van der Waals surface area contributed by atoms with E-state index < -0.39 is 17.9 Å². The van der Waals surface area contributed by atoms with Crippen molar-refractivity contribution in [1.82, 2.24) is 5.32 Å². The summed E-state index contributed by atoms with van der Waals surface area (Å²) < 4.78 is 10.5. The van der Waals surface area contributed by atoms with Crippen molar-refractivity contribution in [3.05, 3.63) is 59.7 Å². The third-order valence-corrected chi connectivity index (χ3v) is 3.88. The van der Waals surface area contributed by atoms with Gasteiger partial charge in [0.1, 0.15) is 0 Å². The van der Waals surface area contributed by atoms with Crippen LogP contribution in [0.3, 0.4) is 0 Å². The fraction of sp³-hybridized carbons (Fsp3) is 0.250. The van der Waals surface area contributed by atoms with Crippen molar-refractivity contribution >= 4 is 17.7 Å². The van der Waals surface area contributed by atoms with Gasteiger partial charge in [0.15, 0.2) is 23.9 Å². The van der Waals surface area contributed by atoms with Crippen LogP contribution in [0.25, 0.3) is 0 Å². The summed E-state index contributed by atoms with van der Waals surface area (Å²) in [5.41, 5.74) is 0.980. The van der Waals surface area contributed by atoms with Gasteiger partial charge in [-0.2, -0.15) is 0 Å². The van der Waals surface area contributed by atoms with E-state index in [4.69, 9.17) is 14.6 Å². The second-order valence-corrected chi connectivity index (χ2v) is 5.88. The predicted octanol–water partition coefficient (Wildman–Crippen LogP) is 2.09. The SMILES string of the molecule is COc1cc(C(=O)O)ccc1OCC(=O)N[C@H](Cc1ccccc1)C(C)=O. The molecule has 0 saturated carbocycles. The lowest BCUT2D eigenvalue weighted by Gasteiger charge is -2.17. The summed E-state index contributed by atoms with van der Waals surface area (Å²) >= 11 is 0. The highest BCUT2D eigenvalue weighted by molar-refractivity contribution is 5.89. The minimum Gasteiger partial charge on any atom is -0.493 e. The second kappa shape index (κ2) is 9.38. The Hall–Kier alpha value is -3.35. The number of hydrogen-bond donors (Lipinski definition) is 2. The largest absolute Gasteiger partial charge is 0.493 e. The summed E-state index contributed by atoms with van der Waals surface area (Å²) in [7, 11) is 1.37. The Morgan fingerprint density at radius 2 is 1.78 bits per heavy atom. The standard InChI is InChI=1S/C20H21NO6/c1-13(22)16(10-14-6-4-3-5-7-14)21-19(23)12-27-17-9-8-15(20(24)25)11-18(17)26-2/h3-9,11,16H,10,12H2,1-2H3,(H,21,23)(H,24,25)/t16-/m1/s1. The Morgan fingerprint density at radius 1 is 1.07 bits per heavy atom. The normalized spacial score (nSPS) is 11.3. The van der Waals surface area contributed by atoms with Crippen molar-refractivity contribution in [2.75, 3.05) is 13.7 Å². The van der Waals surface area contributed by atoms with Crippen molar-refractivity contribution < 1.29 is 29.0 Å². The number of methoxy groups -OCH3 is 1. The van der Waals surface area contributed by atoms with Gasteiger partial charge in [-0.15, -0.1) is 0 Å². The number of ether oxygens (including phenoxy) is 2. The molecule has 2 rings (SSSR count). The maximum Gasteiger partial charge on any atom is 0.335 e. The zero-order valence-corrected chi connectivity index (χ0v) is 15.1. The van der Waals surface area contributed by atoms with Crippen LogP contribution in [-0.4, -0.2) is 42.5 Å². The molecule has 1 amide bonds. The Balaban J connectivity index is 1.98. The number of Topliss-reactive ketones (excluding diaryl/α,β-unsaturated/α-hetero) is 1. The molecule has 142 valence electrons. The quantitative estimate of drug-likeness (QED) is 0.700. The average Bonchev–Trinajstić information content (AvgIpc) is 2.66. The van der Waals surface area contributed by atoms with E-state index in [-0.39, 0.29) is 29.5 Å². The van der Waals surface area contributed by atoms with Crippen molar-refractivity contribution in [3.8, 4) is 11.5 Å². The lowest BCUT2D eigenvalue weighted by molar-refractivity contribution is -0.128. The van der Waals surface area contributed by atoms with Gasteiger partial charge in [0.25, 0.3) is 5.91 Å². The number of amides is 1. The smallest absolute Gasteiger partial charge is 0.335 e. The Labute approximate surface area is 156 Å². The molecule has 0 unspecified atom stereocenters. The average molecular weight is 371 g/mol. The zero-order chi connectivity index (χ0) is 19.8. The highest BCUT2D eigenvalue weighted by atomic mass is 16.5.